The topological polar surface area (TPSA) is 83.7 Å². The van der Waals surface area contributed by atoms with Crippen LogP contribution in [0.2, 0.25) is 0 Å². The number of nitrogens with two attached hydrogens (primary N) is 1. The summed E-state index contributed by atoms with van der Waals surface area (Å²) in [6.45, 7) is 3.63. The molecular weight excluding hydrogens is 362 g/mol. The van der Waals surface area contributed by atoms with Crippen molar-refractivity contribution < 1.29 is 13.2 Å². The molecule has 1 fully saturated rings. The van der Waals surface area contributed by atoms with Gasteiger partial charge in [-0.3, -0.25) is 4.79 Å². The molecule has 0 saturated carbocycles. The molecule has 2 N–H and O–H groups in total. The highest BCUT2D eigenvalue weighted by Gasteiger charge is 2.31. The normalized spacial score (nSPS) is 19.2. The molecule has 2 aliphatic rings. The number of carbonyl (C=O) groups is 1. The quantitative estimate of drug-likeness (QED) is 0.836. The number of nitrogens with zero attached hydrogens (tertiary/aromatic N) is 2. The Kier molecular flexibility index (Phi) is 6.48. The van der Waals surface area contributed by atoms with Crippen LogP contribution < -0.4 is 5.73 Å². The molecule has 1 saturated heterocycles. The maximum atomic E-state index is 12.9. The van der Waals surface area contributed by atoms with Crippen molar-refractivity contribution in [3.63, 3.8) is 0 Å². The van der Waals surface area contributed by atoms with Gasteiger partial charge < -0.3 is 10.6 Å². The molecule has 25 heavy (non-hydrogen) atoms. The van der Waals surface area contributed by atoms with Gasteiger partial charge in [0.2, 0.25) is 15.9 Å². The molecule has 8 heteroatoms. The molecule has 140 valence electrons. The monoisotopic (exact) mass is 387 g/mol. The zero-order chi connectivity index (χ0) is 17.3. The summed E-state index contributed by atoms with van der Waals surface area (Å²) >= 11 is 0. The number of sulfonamides is 1. The van der Waals surface area contributed by atoms with Crippen LogP contribution in [0.3, 0.4) is 0 Å². The number of halogens is 1. The minimum absolute atomic E-state index is 0. The summed E-state index contributed by atoms with van der Waals surface area (Å²) < 4.78 is 27.2. The highest BCUT2D eigenvalue weighted by atomic mass is 35.5. The van der Waals surface area contributed by atoms with E-state index < -0.39 is 10.0 Å². The predicted molar refractivity (Wildman–Crippen MR) is 99.3 cm³/mol. The van der Waals surface area contributed by atoms with Gasteiger partial charge in [0.15, 0.2) is 0 Å². The number of hydrogen-bond acceptors (Lipinski definition) is 4. The van der Waals surface area contributed by atoms with Crippen LogP contribution >= 0.6 is 12.4 Å². The molecule has 1 aromatic carbocycles. The lowest BCUT2D eigenvalue weighted by molar-refractivity contribution is -0.135. The van der Waals surface area contributed by atoms with Gasteiger partial charge in [-0.25, -0.2) is 8.42 Å². The maximum Gasteiger partial charge on any atom is 0.243 e. The molecule has 1 atom stereocenters. The third-order valence-corrected chi connectivity index (χ3v) is 6.93. The molecule has 0 spiro atoms. The van der Waals surface area contributed by atoms with Gasteiger partial charge in [0, 0.05) is 38.6 Å². The molecule has 3 rings (SSSR count). The average molecular weight is 388 g/mol. The Labute approximate surface area is 155 Å². The van der Waals surface area contributed by atoms with Crippen molar-refractivity contribution in [3.8, 4) is 0 Å². The minimum atomic E-state index is -3.49. The Morgan fingerprint density at radius 2 is 1.80 bits per heavy atom. The molecule has 6 nitrogen and oxygen atoms in total. The Hall–Kier alpha value is -1.15. The molecule has 1 aliphatic carbocycles. The van der Waals surface area contributed by atoms with Gasteiger partial charge in [-0.15, -0.1) is 12.4 Å². The third kappa shape index (κ3) is 4.00. The first-order chi connectivity index (χ1) is 11.4. The summed E-state index contributed by atoms with van der Waals surface area (Å²) in [6, 6.07) is 5.48. The molecule has 0 bridgehead atoms. The van der Waals surface area contributed by atoms with E-state index in [1.165, 1.54) is 9.87 Å². The van der Waals surface area contributed by atoms with Crippen LogP contribution in [-0.2, 0) is 27.7 Å². The Morgan fingerprint density at radius 1 is 1.16 bits per heavy atom. The Balaban J connectivity index is 0.00000225. The van der Waals surface area contributed by atoms with Gasteiger partial charge >= 0.3 is 0 Å². The van der Waals surface area contributed by atoms with Gasteiger partial charge in [0.05, 0.1) is 4.90 Å². The first kappa shape index (κ1) is 20.2. The van der Waals surface area contributed by atoms with Gasteiger partial charge in [-0.1, -0.05) is 13.0 Å². The van der Waals surface area contributed by atoms with Crippen LogP contribution in [0, 0.1) is 5.92 Å². The molecule has 1 aliphatic heterocycles. The van der Waals surface area contributed by atoms with E-state index in [9.17, 15) is 13.2 Å². The van der Waals surface area contributed by atoms with Crippen LogP contribution in [0.4, 0.5) is 0 Å². The first-order valence-electron chi connectivity index (χ1n) is 8.54. The van der Waals surface area contributed by atoms with Crippen molar-refractivity contribution in [1.82, 2.24) is 9.21 Å². The van der Waals surface area contributed by atoms with Gasteiger partial charge in [-0.2, -0.15) is 4.31 Å². The molecule has 1 heterocycles. The van der Waals surface area contributed by atoms with E-state index in [0.29, 0.717) is 37.6 Å². The number of benzene rings is 1. The minimum Gasteiger partial charge on any atom is -0.340 e. The summed E-state index contributed by atoms with van der Waals surface area (Å²) in [6.07, 6.45) is 3.09. The lowest BCUT2D eigenvalue weighted by Crippen LogP contribution is -2.52. The number of rotatable bonds is 4. The number of carbonyl (C=O) groups excluding carboxylic acids is 1. The summed E-state index contributed by atoms with van der Waals surface area (Å²) in [7, 11) is -3.49. The van der Waals surface area contributed by atoms with Crippen molar-refractivity contribution >= 4 is 28.3 Å². The molecule has 1 aromatic rings. The van der Waals surface area contributed by atoms with E-state index in [0.717, 1.165) is 24.8 Å². The number of piperazine rings is 1. The number of amides is 1. The zero-order valence-electron chi connectivity index (χ0n) is 14.5. The molecule has 0 radical (unpaired) electrons. The lowest BCUT2D eigenvalue weighted by Gasteiger charge is -2.35. The highest BCUT2D eigenvalue weighted by Crippen LogP contribution is 2.26. The highest BCUT2D eigenvalue weighted by molar-refractivity contribution is 7.89. The maximum absolute atomic E-state index is 12.9. The smallest absolute Gasteiger partial charge is 0.243 e. The van der Waals surface area contributed by atoms with Crippen molar-refractivity contribution in [3.05, 3.63) is 29.3 Å². The summed E-state index contributed by atoms with van der Waals surface area (Å²) in [5.41, 5.74) is 7.96. The van der Waals surface area contributed by atoms with Crippen LogP contribution in [0.1, 0.15) is 24.5 Å². The summed E-state index contributed by atoms with van der Waals surface area (Å²) in [5, 5.41) is 0. The van der Waals surface area contributed by atoms with Crippen LogP contribution in [-0.4, -0.2) is 56.3 Å². The fourth-order valence-electron chi connectivity index (χ4n) is 3.42. The van der Waals surface area contributed by atoms with Crippen LogP contribution in [0.15, 0.2) is 23.1 Å². The van der Waals surface area contributed by atoms with E-state index in [1.807, 2.05) is 12.1 Å². The molecular formula is C17H26ClN3O3S. The van der Waals surface area contributed by atoms with Crippen molar-refractivity contribution in [1.29, 1.82) is 0 Å². The number of hydrogen-bond donors (Lipinski definition) is 1. The van der Waals surface area contributed by atoms with Crippen molar-refractivity contribution in [2.45, 2.75) is 31.1 Å². The van der Waals surface area contributed by atoms with E-state index in [-0.39, 0.29) is 24.2 Å². The lowest BCUT2D eigenvalue weighted by atomic mass is 10.1. The Bertz CT molecular complexity index is 731. The Morgan fingerprint density at radius 3 is 2.44 bits per heavy atom. The molecule has 0 aromatic heterocycles. The van der Waals surface area contributed by atoms with Crippen LogP contribution in [0.25, 0.3) is 0 Å². The van der Waals surface area contributed by atoms with Crippen molar-refractivity contribution in [2.75, 3.05) is 32.7 Å². The number of fused-ring (bicyclic) bond motifs is 1. The second-order valence-corrected chi connectivity index (χ2v) is 8.59. The SMILES string of the molecule is CC(CN)C(=O)N1CCN(S(=O)(=O)c2ccc3c(c2)CCC3)CC1.Cl. The largest absolute Gasteiger partial charge is 0.340 e. The molecule has 1 amide bonds. The second kappa shape index (κ2) is 8.03. The van der Waals surface area contributed by atoms with E-state index >= 15 is 0 Å². The van der Waals surface area contributed by atoms with Gasteiger partial charge in [-0.05, 0) is 42.5 Å². The van der Waals surface area contributed by atoms with Gasteiger partial charge in [0.25, 0.3) is 0 Å². The molecule has 1 unspecified atom stereocenters. The fourth-order valence-corrected chi connectivity index (χ4v) is 4.89. The fraction of sp³-hybridized carbons (Fsp3) is 0.588. The average Bonchev–Trinajstić information content (AvgIpc) is 3.08. The summed E-state index contributed by atoms with van der Waals surface area (Å²) in [4.78, 5) is 14.2. The van der Waals surface area contributed by atoms with Gasteiger partial charge in [0.1, 0.15) is 0 Å². The van der Waals surface area contributed by atoms with E-state index in [1.54, 1.807) is 17.9 Å². The second-order valence-electron chi connectivity index (χ2n) is 6.65. The zero-order valence-corrected chi connectivity index (χ0v) is 16.1. The first-order valence-corrected chi connectivity index (χ1v) is 9.98. The number of aryl methyl sites for hydroxylation is 2. The van der Waals surface area contributed by atoms with Crippen molar-refractivity contribution in [2.24, 2.45) is 11.7 Å². The van der Waals surface area contributed by atoms with E-state index in [2.05, 4.69) is 0 Å². The summed E-state index contributed by atoms with van der Waals surface area (Å²) in [5.74, 6) is -0.211. The third-order valence-electron chi connectivity index (χ3n) is 5.03. The standard InChI is InChI=1S/C17H25N3O3S.ClH/c1-13(12-18)17(21)19-7-9-20(10-8-19)24(22,23)16-6-5-14-3-2-4-15(14)11-16;/h5-6,11,13H,2-4,7-10,12,18H2,1H3;1H. The van der Waals surface area contributed by atoms with Crippen LogP contribution in [0.5, 0.6) is 0 Å². The predicted octanol–water partition coefficient (Wildman–Crippen LogP) is 1.02. The van der Waals surface area contributed by atoms with E-state index in [4.69, 9.17) is 5.73 Å².